The third kappa shape index (κ3) is 1.81. The summed E-state index contributed by atoms with van der Waals surface area (Å²) in [6.45, 7) is 0. The average molecular weight is 233 g/mol. The third-order valence-corrected chi connectivity index (χ3v) is 3.28. The van der Waals surface area contributed by atoms with E-state index < -0.39 is 16.3 Å². The molecule has 0 aromatic carbocycles. The van der Waals surface area contributed by atoms with Crippen LogP contribution in [0, 0.1) is 15.5 Å². The minimum Gasteiger partial charge on any atom is -0.481 e. The molecular formula is C12H11NO4. The van der Waals surface area contributed by atoms with Gasteiger partial charge in [-0.2, -0.15) is 0 Å². The van der Waals surface area contributed by atoms with Crippen molar-refractivity contribution in [2.75, 3.05) is 0 Å². The number of aliphatic carboxylic acids is 1. The summed E-state index contributed by atoms with van der Waals surface area (Å²) >= 11 is 0. The van der Waals surface area contributed by atoms with Crippen molar-refractivity contribution in [2.45, 2.75) is 19.3 Å². The van der Waals surface area contributed by atoms with Crippen LogP contribution < -0.4 is 0 Å². The minimum atomic E-state index is -0.872. The molecule has 1 fully saturated rings. The van der Waals surface area contributed by atoms with Gasteiger partial charge in [-0.15, -0.1) is 5.73 Å². The summed E-state index contributed by atoms with van der Waals surface area (Å²) in [5.41, 5.74) is 2.29. The number of hydrogen-bond donors (Lipinski definition) is 1. The van der Waals surface area contributed by atoms with Gasteiger partial charge in [0.2, 0.25) is 0 Å². The topological polar surface area (TPSA) is 80.4 Å². The Balaban J connectivity index is 2.39. The van der Waals surface area contributed by atoms with Crippen molar-refractivity contribution in [3.8, 4) is 0 Å². The first-order chi connectivity index (χ1) is 8.06. The van der Waals surface area contributed by atoms with E-state index in [1.54, 1.807) is 0 Å². The quantitative estimate of drug-likeness (QED) is 0.459. The molecule has 0 spiro atoms. The lowest BCUT2D eigenvalue weighted by Crippen LogP contribution is -2.39. The predicted octanol–water partition coefficient (Wildman–Crippen LogP) is 2.05. The first-order valence-corrected chi connectivity index (χ1v) is 5.29. The zero-order valence-corrected chi connectivity index (χ0v) is 9.05. The lowest BCUT2D eigenvalue weighted by atomic mass is 9.64. The van der Waals surface area contributed by atoms with E-state index in [-0.39, 0.29) is 5.70 Å². The van der Waals surface area contributed by atoms with Crippen molar-refractivity contribution in [3.05, 3.63) is 51.4 Å². The maximum atomic E-state index is 11.3. The number of carboxylic acids is 1. The van der Waals surface area contributed by atoms with Gasteiger partial charge in [-0.25, -0.2) is 0 Å². The number of rotatable bonds is 3. The molecule has 0 saturated heterocycles. The van der Waals surface area contributed by atoms with Crippen molar-refractivity contribution in [2.24, 2.45) is 5.41 Å². The van der Waals surface area contributed by atoms with Crippen molar-refractivity contribution in [1.82, 2.24) is 0 Å². The Morgan fingerprint density at radius 3 is 2.59 bits per heavy atom. The second kappa shape index (κ2) is 4.03. The average Bonchev–Trinajstić information content (AvgIpc) is 2.41. The van der Waals surface area contributed by atoms with Gasteiger partial charge in [0.1, 0.15) is 0 Å². The summed E-state index contributed by atoms with van der Waals surface area (Å²) in [5.74, 6) is -0.869. The van der Waals surface area contributed by atoms with Gasteiger partial charge in [-0.1, -0.05) is 12.5 Å². The van der Waals surface area contributed by atoms with Gasteiger partial charge in [-0.05, 0) is 24.5 Å². The molecule has 0 amide bonds. The fourth-order valence-electron chi connectivity index (χ4n) is 2.06. The molecule has 2 rings (SSSR count). The minimum absolute atomic E-state index is 0.0869. The second-order valence-corrected chi connectivity index (χ2v) is 4.17. The first-order valence-electron chi connectivity index (χ1n) is 5.29. The van der Waals surface area contributed by atoms with E-state index in [0.29, 0.717) is 18.4 Å². The van der Waals surface area contributed by atoms with Gasteiger partial charge in [0.15, 0.2) is 0 Å². The summed E-state index contributed by atoms with van der Waals surface area (Å²) in [7, 11) is 0. The van der Waals surface area contributed by atoms with Crippen LogP contribution in [0.3, 0.4) is 0 Å². The van der Waals surface area contributed by atoms with E-state index >= 15 is 0 Å². The fourth-order valence-corrected chi connectivity index (χ4v) is 2.06. The Morgan fingerprint density at radius 2 is 2.12 bits per heavy atom. The SMILES string of the molecule is O=C(O)C1(C2=CC=C([N+](=O)[O-])C=C=C2)CCC1. The summed E-state index contributed by atoms with van der Waals surface area (Å²) in [4.78, 5) is 21.3. The van der Waals surface area contributed by atoms with Crippen LogP contribution in [0.1, 0.15) is 19.3 Å². The molecule has 0 atom stereocenters. The molecule has 1 N–H and O–H groups in total. The Hall–Kier alpha value is -2.13. The van der Waals surface area contributed by atoms with Gasteiger partial charge in [0, 0.05) is 6.08 Å². The molecule has 17 heavy (non-hydrogen) atoms. The van der Waals surface area contributed by atoms with E-state index in [1.165, 1.54) is 24.3 Å². The van der Waals surface area contributed by atoms with E-state index in [1.807, 2.05) is 0 Å². The summed E-state index contributed by atoms with van der Waals surface area (Å²) < 4.78 is 0. The van der Waals surface area contributed by atoms with Gasteiger partial charge >= 0.3 is 5.97 Å². The van der Waals surface area contributed by atoms with Crippen LogP contribution in [-0.4, -0.2) is 16.0 Å². The monoisotopic (exact) mass is 233 g/mol. The molecule has 88 valence electrons. The van der Waals surface area contributed by atoms with Crippen LogP contribution in [0.4, 0.5) is 0 Å². The van der Waals surface area contributed by atoms with Crippen LogP contribution in [0.2, 0.25) is 0 Å². The Labute approximate surface area is 97.6 Å². The predicted molar refractivity (Wildman–Crippen MR) is 59.7 cm³/mol. The molecule has 5 heteroatoms. The molecule has 0 unspecified atom stereocenters. The molecule has 0 bridgehead atoms. The smallest absolute Gasteiger partial charge is 0.314 e. The zero-order valence-electron chi connectivity index (χ0n) is 9.05. The Bertz CT molecular complexity index is 503. The highest BCUT2D eigenvalue weighted by atomic mass is 16.6. The van der Waals surface area contributed by atoms with Crippen LogP contribution in [0.25, 0.3) is 0 Å². The zero-order chi connectivity index (χ0) is 12.5. The lowest BCUT2D eigenvalue weighted by Gasteiger charge is -2.38. The maximum Gasteiger partial charge on any atom is 0.314 e. The fraction of sp³-hybridized carbons (Fsp3) is 0.333. The van der Waals surface area contributed by atoms with Gasteiger partial charge in [-0.3, -0.25) is 14.9 Å². The van der Waals surface area contributed by atoms with Crippen LogP contribution in [0.15, 0.2) is 41.3 Å². The highest BCUT2D eigenvalue weighted by Gasteiger charge is 2.46. The normalized spacial score (nSPS) is 20.9. The molecule has 0 aromatic heterocycles. The highest BCUT2D eigenvalue weighted by molar-refractivity contribution is 5.81. The van der Waals surface area contributed by atoms with Gasteiger partial charge in [0.25, 0.3) is 5.70 Å². The number of allylic oxidation sites excluding steroid dienone is 3. The van der Waals surface area contributed by atoms with E-state index in [0.717, 1.165) is 6.42 Å². The van der Waals surface area contributed by atoms with Crippen LogP contribution in [-0.2, 0) is 4.79 Å². The highest BCUT2D eigenvalue weighted by Crippen LogP contribution is 2.48. The Morgan fingerprint density at radius 1 is 1.41 bits per heavy atom. The van der Waals surface area contributed by atoms with Gasteiger partial charge < -0.3 is 5.11 Å². The first kappa shape index (κ1) is 11.4. The van der Waals surface area contributed by atoms with E-state index in [2.05, 4.69) is 5.73 Å². The van der Waals surface area contributed by atoms with E-state index in [9.17, 15) is 20.0 Å². The number of carbonyl (C=O) groups is 1. The molecule has 0 heterocycles. The van der Waals surface area contributed by atoms with Crippen molar-refractivity contribution in [3.63, 3.8) is 0 Å². The molecule has 0 radical (unpaired) electrons. The molecule has 0 aromatic rings. The molecule has 2 aliphatic rings. The maximum absolute atomic E-state index is 11.3. The van der Waals surface area contributed by atoms with Gasteiger partial charge in [0.05, 0.1) is 16.4 Å². The molecule has 2 aliphatic carbocycles. The summed E-state index contributed by atoms with van der Waals surface area (Å²) in [5, 5.41) is 19.8. The number of carboxylic acid groups (broad SMARTS) is 1. The summed E-state index contributed by atoms with van der Waals surface area (Å²) in [6.07, 6.45) is 7.64. The Kier molecular flexibility index (Phi) is 2.69. The van der Waals surface area contributed by atoms with Crippen LogP contribution in [0.5, 0.6) is 0 Å². The standard InChI is InChI=1S/C12H11NO4/c14-11(15)12(7-2-8-12)9-3-1-4-10(6-5-9)13(16)17/h3-6H,2,7-8H2,(H,14,15). The number of nitrogens with zero attached hydrogens (tertiary/aromatic N) is 1. The van der Waals surface area contributed by atoms with Crippen molar-refractivity contribution < 1.29 is 14.8 Å². The third-order valence-electron chi connectivity index (χ3n) is 3.28. The number of hydrogen-bond acceptors (Lipinski definition) is 3. The largest absolute Gasteiger partial charge is 0.481 e. The summed E-state index contributed by atoms with van der Waals surface area (Å²) in [6, 6.07) is 0. The molecule has 1 saturated carbocycles. The molecule has 5 nitrogen and oxygen atoms in total. The molecular weight excluding hydrogens is 222 g/mol. The molecule has 0 aliphatic heterocycles. The van der Waals surface area contributed by atoms with E-state index in [4.69, 9.17) is 0 Å². The van der Waals surface area contributed by atoms with Crippen LogP contribution >= 0.6 is 0 Å². The lowest BCUT2D eigenvalue weighted by molar-refractivity contribution is -0.418. The van der Waals surface area contributed by atoms with Crippen molar-refractivity contribution in [1.29, 1.82) is 0 Å². The number of nitro groups is 1. The van der Waals surface area contributed by atoms with Crippen molar-refractivity contribution >= 4 is 5.97 Å². The second-order valence-electron chi connectivity index (χ2n) is 4.17.